The molecule has 0 radical (unpaired) electrons. The molecule has 0 aliphatic carbocycles. The van der Waals surface area contributed by atoms with E-state index >= 15 is 0 Å². The molecule has 0 amide bonds. The van der Waals surface area contributed by atoms with Crippen molar-refractivity contribution in [3.63, 3.8) is 0 Å². The lowest BCUT2D eigenvalue weighted by Gasteiger charge is -2.00. The highest BCUT2D eigenvalue weighted by Gasteiger charge is 2.06. The van der Waals surface area contributed by atoms with Crippen LogP contribution in [0.15, 0.2) is 0 Å². The molecule has 0 fully saturated rings. The lowest BCUT2D eigenvalue weighted by molar-refractivity contribution is -0.111. The highest BCUT2D eigenvalue weighted by Crippen LogP contribution is 1.98. The second-order valence-electron chi connectivity index (χ2n) is 1.39. The molecule has 0 aliphatic heterocycles. The number of hydrogen-bond acceptors (Lipinski definition) is 2. The van der Waals surface area contributed by atoms with Crippen molar-refractivity contribution in [1.29, 1.82) is 0 Å². The van der Waals surface area contributed by atoms with Crippen molar-refractivity contribution < 1.29 is 4.79 Å². The van der Waals surface area contributed by atoms with Gasteiger partial charge in [-0.25, -0.2) is 0 Å². The number of halogens is 2. The molecule has 0 saturated heterocycles. The first-order valence-corrected chi connectivity index (χ1v) is 4.11. The average molecular weight is 245 g/mol. The Hall–Kier alpha value is 0.590. The molecule has 0 aromatic heterocycles. The van der Waals surface area contributed by atoms with Gasteiger partial charge in [0, 0.05) is 5.33 Å². The molecule has 0 spiro atoms. The first kappa shape index (κ1) is 8.59. The summed E-state index contributed by atoms with van der Waals surface area (Å²) in [5, 5.41) is 0.769. The molecule has 0 aromatic rings. The minimum atomic E-state index is -0.352. The summed E-state index contributed by atoms with van der Waals surface area (Å²) >= 11 is 5.92. The van der Waals surface area contributed by atoms with Gasteiger partial charge in [-0.05, 0) is 22.4 Å². The second-order valence-corrected chi connectivity index (χ2v) is 2.96. The Morgan fingerprint density at radius 1 is 1.75 bits per heavy atom. The number of rotatable bonds is 3. The van der Waals surface area contributed by atoms with E-state index in [0.29, 0.717) is 6.42 Å². The number of carbonyl (C=O) groups is 1. The van der Waals surface area contributed by atoms with Crippen LogP contribution in [0.3, 0.4) is 0 Å². The molecule has 0 aliphatic rings. The second kappa shape index (κ2) is 4.47. The van der Waals surface area contributed by atoms with E-state index in [1.54, 1.807) is 0 Å². The zero-order valence-electron chi connectivity index (χ0n) is 4.23. The van der Waals surface area contributed by atoms with Crippen LogP contribution in [-0.4, -0.2) is 16.1 Å². The highest BCUT2D eigenvalue weighted by atomic mass is 79.9. The molecule has 1 atom stereocenters. The maximum atomic E-state index is 10.3. The molecular formula is C4H7Br2NO. The Labute approximate surface area is 65.1 Å². The van der Waals surface area contributed by atoms with Crippen LogP contribution in [0, 0.1) is 0 Å². The SMILES string of the molecule is N[C@@H](CCBr)C(=O)Br. The molecule has 2 N–H and O–H groups in total. The molecule has 2 nitrogen and oxygen atoms in total. The summed E-state index contributed by atoms with van der Waals surface area (Å²) in [6.07, 6.45) is 0.685. The average Bonchev–Trinajstić information content (AvgIpc) is 1.67. The van der Waals surface area contributed by atoms with E-state index < -0.39 is 0 Å². The Bertz CT molecular complexity index is 86.1. The predicted molar refractivity (Wildman–Crippen MR) is 40.3 cm³/mol. The van der Waals surface area contributed by atoms with E-state index in [9.17, 15) is 4.79 Å². The fourth-order valence-electron chi connectivity index (χ4n) is 0.231. The number of carbonyl (C=O) groups excluding carboxylic acids is 1. The van der Waals surface area contributed by atoms with Gasteiger partial charge in [0.15, 0.2) is 0 Å². The minimum Gasteiger partial charge on any atom is -0.321 e. The molecule has 0 unspecified atom stereocenters. The van der Waals surface area contributed by atoms with Crippen molar-refractivity contribution in [2.75, 3.05) is 5.33 Å². The van der Waals surface area contributed by atoms with Crippen LogP contribution in [0.25, 0.3) is 0 Å². The third-order valence-corrected chi connectivity index (χ3v) is 1.76. The van der Waals surface area contributed by atoms with Crippen LogP contribution in [0.5, 0.6) is 0 Å². The summed E-state index contributed by atoms with van der Waals surface area (Å²) in [7, 11) is 0. The van der Waals surface area contributed by atoms with Crippen LogP contribution in [-0.2, 0) is 4.79 Å². The van der Waals surface area contributed by atoms with Crippen molar-refractivity contribution in [3.05, 3.63) is 0 Å². The first-order chi connectivity index (χ1) is 3.68. The highest BCUT2D eigenvalue weighted by molar-refractivity contribution is 9.18. The fraction of sp³-hybridized carbons (Fsp3) is 0.750. The Kier molecular flexibility index (Phi) is 4.80. The van der Waals surface area contributed by atoms with E-state index in [1.807, 2.05) is 0 Å². The Balaban J connectivity index is 3.32. The third-order valence-electron chi connectivity index (χ3n) is 0.712. The van der Waals surface area contributed by atoms with E-state index in [1.165, 1.54) is 0 Å². The van der Waals surface area contributed by atoms with Gasteiger partial charge in [-0.15, -0.1) is 0 Å². The molecule has 0 bridgehead atoms. The van der Waals surface area contributed by atoms with E-state index in [2.05, 4.69) is 31.9 Å². The van der Waals surface area contributed by atoms with Crippen LogP contribution in [0.1, 0.15) is 6.42 Å². The van der Waals surface area contributed by atoms with Crippen LogP contribution < -0.4 is 5.73 Å². The summed E-state index contributed by atoms with van der Waals surface area (Å²) in [6, 6.07) is -0.352. The topological polar surface area (TPSA) is 43.1 Å². The molecular weight excluding hydrogens is 238 g/mol. The molecule has 0 rings (SSSR count). The van der Waals surface area contributed by atoms with Gasteiger partial charge in [0.1, 0.15) is 0 Å². The lowest BCUT2D eigenvalue weighted by atomic mass is 10.3. The maximum absolute atomic E-state index is 10.3. The Morgan fingerprint density at radius 3 is 2.38 bits per heavy atom. The smallest absolute Gasteiger partial charge is 0.214 e. The number of nitrogens with two attached hydrogens (primary N) is 1. The summed E-state index contributed by atoms with van der Waals surface area (Å²) in [5.74, 6) is 0. The van der Waals surface area contributed by atoms with Gasteiger partial charge < -0.3 is 5.73 Å². The minimum absolute atomic E-state index is 0.128. The number of hydrogen-bond donors (Lipinski definition) is 1. The standard InChI is InChI=1S/C4H7Br2NO/c5-2-1-3(7)4(6)8/h3H,1-2,7H2/t3-/m0/s1. The maximum Gasteiger partial charge on any atom is 0.214 e. The predicted octanol–water partition coefficient (Wildman–Crippen LogP) is 1.02. The fourth-order valence-corrected chi connectivity index (χ4v) is 0.953. The van der Waals surface area contributed by atoms with Gasteiger partial charge in [0.25, 0.3) is 0 Å². The van der Waals surface area contributed by atoms with Gasteiger partial charge in [-0.2, -0.15) is 0 Å². The van der Waals surface area contributed by atoms with Crippen LogP contribution in [0.2, 0.25) is 0 Å². The quantitative estimate of drug-likeness (QED) is 0.595. The van der Waals surface area contributed by atoms with Crippen molar-refractivity contribution in [1.82, 2.24) is 0 Å². The monoisotopic (exact) mass is 243 g/mol. The van der Waals surface area contributed by atoms with Gasteiger partial charge in [-0.3, -0.25) is 4.79 Å². The summed E-state index contributed by atoms with van der Waals surface area (Å²) in [4.78, 5) is 10.3. The molecule has 48 valence electrons. The van der Waals surface area contributed by atoms with Crippen molar-refractivity contribution >= 4 is 36.6 Å². The summed E-state index contributed by atoms with van der Waals surface area (Å²) in [6.45, 7) is 0. The van der Waals surface area contributed by atoms with Gasteiger partial charge in [0.05, 0.1) is 6.04 Å². The molecule has 0 saturated carbocycles. The van der Waals surface area contributed by atoms with Crippen molar-refractivity contribution in [3.8, 4) is 0 Å². The number of alkyl halides is 1. The largest absolute Gasteiger partial charge is 0.321 e. The summed E-state index contributed by atoms with van der Waals surface area (Å²) in [5.41, 5.74) is 5.30. The Morgan fingerprint density at radius 2 is 2.25 bits per heavy atom. The molecule has 8 heavy (non-hydrogen) atoms. The lowest BCUT2D eigenvalue weighted by Crippen LogP contribution is -2.26. The van der Waals surface area contributed by atoms with E-state index in [-0.39, 0.29) is 10.7 Å². The molecule has 0 aromatic carbocycles. The molecule has 0 heterocycles. The zero-order valence-corrected chi connectivity index (χ0v) is 7.41. The van der Waals surface area contributed by atoms with E-state index in [0.717, 1.165) is 5.33 Å². The summed E-state index contributed by atoms with van der Waals surface area (Å²) < 4.78 is -0.128. The first-order valence-electron chi connectivity index (χ1n) is 2.19. The van der Waals surface area contributed by atoms with Crippen molar-refractivity contribution in [2.24, 2.45) is 5.73 Å². The molecule has 4 heteroatoms. The van der Waals surface area contributed by atoms with Crippen molar-refractivity contribution in [2.45, 2.75) is 12.5 Å². The van der Waals surface area contributed by atoms with Gasteiger partial charge >= 0.3 is 0 Å². The van der Waals surface area contributed by atoms with Gasteiger partial charge in [-0.1, -0.05) is 15.9 Å². The van der Waals surface area contributed by atoms with Crippen LogP contribution in [0.4, 0.5) is 0 Å². The van der Waals surface area contributed by atoms with Gasteiger partial charge in [0.2, 0.25) is 4.69 Å². The van der Waals surface area contributed by atoms with E-state index in [4.69, 9.17) is 5.73 Å². The third kappa shape index (κ3) is 3.57. The van der Waals surface area contributed by atoms with Crippen LogP contribution >= 0.6 is 31.9 Å². The zero-order chi connectivity index (χ0) is 6.57. The normalized spacial score (nSPS) is 13.4.